The van der Waals surface area contributed by atoms with Gasteiger partial charge in [0.25, 0.3) is 0 Å². The zero-order valence-electron chi connectivity index (χ0n) is 30.9. The van der Waals surface area contributed by atoms with Crippen molar-refractivity contribution in [2.24, 2.45) is 4.99 Å². The van der Waals surface area contributed by atoms with Gasteiger partial charge in [0.15, 0.2) is 0 Å². The molecule has 1 aliphatic heterocycles. The Kier molecular flexibility index (Phi) is 32.0. The van der Waals surface area contributed by atoms with Crippen molar-refractivity contribution in [2.75, 3.05) is 13.1 Å². The summed E-state index contributed by atoms with van der Waals surface area (Å²) in [5, 5.41) is 3.36. The molecule has 0 saturated carbocycles. The van der Waals surface area contributed by atoms with E-state index in [1.165, 1.54) is 199 Å². The number of nitrogens with one attached hydrogen (secondary N) is 1. The molecular formula is C41H81N3O. The van der Waals surface area contributed by atoms with Crippen molar-refractivity contribution in [3.63, 3.8) is 0 Å². The lowest BCUT2D eigenvalue weighted by Crippen LogP contribution is -2.46. The van der Waals surface area contributed by atoms with Gasteiger partial charge in [-0.15, -0.1) is 0 Å². The third kappa shape index (κ3) is 28.9. The second-order valence-electron chi connectivity index (χ2n) is 14.5. The maximum absolute atomic E-state index is 12.7. The van der Waals surface area contributed by atoms with E-state index in [9.17, 15) is 4.79 Å². The predicted molar refractivity (Wildman–Crippen MR) is 200 cm³/mol. The van der Waals surface area contributed by atoms with E-state index in [0.29, 0.717) is 6.42 Å². The number of unbranched alkanes of at least 4 members (excludes halogenated alkanes) is 30. The van der Waals surface area contributed by atoms with Crippen LogP contribution in [0.2, 0.25) is 0 Å². The van der Waals surface area contributed by atoms with E-state index in [-0.39, 0.29) is 12.1 Å². The van der Waals surface area contributed by atoms with Gasteiger partial charge in [-0.1, -0.05) is 206 Å². The zero-order valence-corrected chi connectivity index (χ0v) is 30.9. The molecule has 0 spiro atoms. The van der Waals surface area contributed by atoms with Crippen LogP contribution < -0.4 is 5.32 Å². The molecule has 0 bridgehead atoms. The number of hydrogen-bond donors (Lipinski definition) is 1. The van der Waals surface area contributed by atoms with Gasteiger partial charge in [0.1, 0.15) is 6.17 Å². The van der Waals surface area contributed by atoms with Crippen LogP contribution in [0.15, 0.2) is 4.99 Å². The Hall–Kier alpha value is -1.06. The summed E-state index contributed by atoms with van der Waals surface area (Å²) in [6.45, 7) is 6.40. The quantitative estimate of drug-likeness (QED) is 0.0699. The molecule has 0 aromatic heterocycles. The maximum Gasteiger partial charge on any atom is 0.221 e. The second-order valence-corrected chi connectivity index (χ2v) is 14.5. The number of carbonyl (C=O) groups excluding carboxylic acids is 1. The van der Waals surface area contributed by atoms with Crippen LogP contribution in [-0.2, 0) is 4.79 Å². The molecule has 1 unspecified atom stereocenters. The molecule has 4 heteroatoms. The van der Waals surface area contributed by atoms with Crippen LogP contribution in [0, 0.1) is 0 Å². The molecule has 1 N–H and O–H groups in total. The Labute approximate surface area is 283 Å². The molecule has 0 aromatic carbocycles. The number of amides is 1. The highest BCUT2D eigenvalue weighted by Crippen LogP contribution is 2.17. The van der Waals surface area contributed by atoms with Crippen molar-refractivity contribution in [1.82, 2.24) is 10.2 Å². The van der Waals surface area contributed by atoms with Crippen LogP contribution in [0.5, 0.6) is 0 Å². The monoisotopic (exact) mass is 632 g/mol. The minimum Gasteiger partial charge on any atom is -0.341 e. The van der Waals surface area contributed by atoms with Crippen LogP contribution in [0.25, 0.3) is 0 Å². The Morgan fingerprint density at radius 1 is 0.533 bits per heavy atom. The fraction of sp³-hybridized carbons (Fsp3) is 0.951. The number of rotatable bonds is 36. The van der Waals surface area contributed by atoms with E-state index in [2.05, 4.69) is 29.1 Å². The van der Waals surface area contributed by atoms with E-state index in [1.807, 2.05) is 6.34 Å². The molecule has 1 rings (SSSR count). The SMILES string of the molecule is CCCCCCCCCCCCCCCCCCCC(NC(=O)CCCCCCCCCCCCCCCCC)N1C=NCC1. The summed E-state index contributed by atoms with van der Waals surface area (Å²) in [5.74, 6) is 0.238. The smallest absolute Gasteiger partial charge is 0.221 e. The highest BCUT2D eigenvalue weighted by atomic mass is 16.1. The van der Waals surface area contributed by atoms with Crippen LogP contribution in [0.1, 0.15) is 232 Å². The lowest BCUT2D eigenvalue weighted by atomic mass is 10.0. The van der Waals surface area contributed by atoms with Gasteiger partial charge in [0.2, 0.25) is 5.91 Å². The average molecular weight is 632 g/mol. The Morgan fingerprint density at radius 3 is 1.20 bits per heavy atom. The molecule has 0 fully saturated rings. The van der Waals surface area contributed by atoms with Crippen LogP contribution in [0.4, 0.5) is 0 Å². The van der Waals surface area contributed by atoms with Crippen molar-refractivity contribution in [3.8, 4) is 0 Å². The number of nitrogens with zero attached hydrogens (tertiary/aromatic N) is 2. The summed E-state index contributed by atoms with van der Waals surface area (Å²) < 4.78 is 0. The molecule has 266 valence electrons. The molecular weight excluding hydrogens is 550 g/mol. The molecule has 0 aromatic rings. The third-order valence-electron chi connectivity index (χ3n) is 10.0. The average Bonchev–Trinajstić information content (AvgIpc) is 3.59. The third-order valence-corrected chi connectivity index (χ3v) is 10.0. The van der Waals surface area contributed by atoms with E-state index < -0.39 is 0 Å². The van der Waals surface area contributed by atoms with Gasteiger partial charge >= 0.3 is 0 Å². The van der Waals surface area contributed by atoms with Gasteiger partial charge in [-0.05, 0) is 19.3 Å². The summed E-state index contributed by atoms with van der Waals surface area (Å²) in [6.07, 6.45) is 48.1. The topological polar surface area (TPSA) is 44.7 Å². The summed E-state index contributed by atoms with van der Waals surface area (Å²) in [5.41, 5.74) is 0. The first-order chi connectivity index (χ1) is 22.3. The first-order valence-corrected chi connectivity index (χ1v) is 20.8. The summed E-state index contributed by atoms with van der Waals surface area (Å²) in [6, 6.07) is 0. The van der Waals surface area contributed by atoms with Crippen molar-refractivity contribution < 1.29 is 4.79 Å². The van der Waals surface area contributed by atoms with Crippen molar-refractivity contribution in [2.45, 2.75) is 238 Å². The van der Waals surface area contributed by atoms with Gasteiger partial charge in [-0.25, -0.2) is 0 Å². The van der Waals surface area contributed by atoms with Gasteiger partial charge < -0.3 is 10.2 Å². The first-order valence-electron chi connectivity index (χ1n) is 20.8. The largest absolute Gasteiger partial charge is 0.341 e. The standard InChI is InChI=1S/C41H81N3O/c1-3-5-7-9-11-13-15-17-19-20-22-23-25-27-29-31-33-35-40(44-38-37-42-39-44)43-41(45)36-34-32-30-28-26-24-21-18-16-14-12-10-8-6-4-2/h39-40H,3-38H2,1-2H3,(H,43,45). The molecule has 1 aliphatic rings. The zero-order chi connectivity index (χ0) is 32.3. The molecule has 1 atom stereocenters. The van der Waals surface area contributed by atoms with Gasteiger partial charge in [0.05, 0.1) is 12.9 Å². The van der Waals surface area contributed by atoms with E-state index in [0.717, 1.165) is 25.9 Å². The normalized spacial score (nSPS) is 13.6. The molecule has 1 amide bonds. The van der Waals surface area contributed by atoms with E-state index >= 15 is 0 Å². The number of hydrogen-bond acceptors (Lipinski definition) is 3. The van der Waals surface area contributed by atoms with Crippen LogP contribution in [-0.4, -0.2) is 36.4 Å². The Bertz CT molecular complexity index is 636. The van der Waals surface area contributed by atoms with Gasteiger partial charge in [0, 0.05) is 13.0 Å². The molecule has 0 aliphatic carbocycles. The maximum atomic E-state index is 12.7. The molecule has 4 nitrogen and oxygen atoms in total. The minimum absolute atomic E-state index is 0.136. The first kappa shape index (κ1) is 42.0. The summed E-state index contributed by atoms with van der Waals surface area (Å²) in [7, 11) is 0. The van der Waals surface area contributed by atoms with E-state index in [1.54, 1.807) is 0 Å². The fourth-order valence-electron chi connectivity index (χ4n) is 6.93. The molecule has 45 heavy (non-hydrogen) atoms. The number of aliphatic imine (C=N–C) groups is 1. The fourth-order valence-corrected chi connectivity index (χ4v) is 6.93. The Morgan fingerprint density at radius 2 is 0.867 bits per heavy atom. The van der Waals surface area contributed by atoms with Crippen molar-refractivity contribution >= 4 is 12.2 Å². The minimum atomic E-state index is 0.136. The highest BCUT2D eigenvalue weighted by molar-refractivity contribution is 5.76. The van der Waals surface area contributed by atoms with Gasteiger partial charge in [-0.3, -0.25) is 9.79 Å². The van der Waals surface area contributed by atoms with Gasteiger partial charge in [-0.2, -0.15) is 0 Å². The van der Waals surface area contributed by atoms with Crippen LogP contribution in [0.3, 0.4) is 0 Å². The molecule has 1 heterocycles. The summed E-state index contributed by atoms with van der Waals surface area (Å²) in [4.78, 5) is 19.4. The lowest BCUT2D eigenvalue weighted by molar-refractivity contribution is -0.122. The van der Waals surface area contributed by atoms with E-state index in [4.69, 9.17) is 0 Å². The van der Waals surface area contributed by atoms with Crippen LogP contribution >= 0.6 is 0 Å². The predicted octanol–water partition coefficient (Wildman–Crippen LogP) is 13.1. The lowest BCUT2D eigenvalue weighted by Gasteiger charge is -2.28. The Balaban J connectivity index is 1.94. The second kappa shape index (κ2) is 34.3. The molecule has 0 saturated heterocycles. The highest BCUT2D eigenvalue weighted by Gasteiger charge is 2.19. The van der Waals surface area contributed by atoms with Crippen molar-refractivity contribution in [3.05, 3.63) is 0 Å². The van der Waals surface area contributed by atoms with Crippen molar-refractivity contribution in [1.29, 1.82) is 0 Å². The number of carbonyl (C=O) groups is 1. The molecule has 0 radical (unpaired) electrons. The summed E-state index contributed by atoms with van der Waals surface area (Å²) >= 11 is 0.